The lowest BCUT2D eigenvalue weighted by Crippen LogP contribution is -2.19. The molecule has 22 heavy (non-hydrogen) atoms. The average molecular weight is 296 g/mol. The van der Waals surface area contributed by atoms with Gasteiger partial charge in [0.15, 0.2) is 0 Å². The molecule has 0 saturated heterocycles. The fourth-order valence-electron chi connectivity index (χ4n) is 2.36. The first-order valence-electron chi connectivity index (χ1n) is 7.22. The van der Waals surface area contributed by atoms with Gasteiger partial charge in [-0.25, -0.2) is 15.0 Å². The highest BCUT2D eigenvalue weighted by atomic mass is 15.2. The summed E-state index contributed by atoms with van der Waals surface area (Å²) in [4.78, 5) is 20.7. The molecule has 0 saturated carbocycles. The Balaban J connectivity index is 1.65. The highest BCUT2D eigenvalue weighted by Gasteiger charge is 2.07. The molecule has 3 aromatic rings. The third-order valence-electron chi connectivity index (χ3n) is 3.40. The fraction of sp³-hybridized carbons (Fsp3) is 0.312. The first kappa shape index (κ1) is 14.5. The number of hydrogen-bond donors (Lipinski definition) is 1. The van der Waals surface area contributed by atoms with Crippen LogP contribution in [-0.2, 0) is 13.1 Å². The Morgan fingerprint density at radius 3 is 2.41 bits per heavy atom. The predicted molar refractivity (Wildman–Crippen MR) is 87.6 cm³/mol. The molecule has 3 rings (SSSR count). The lowest BCUT2D eigenvalue weighted by atomic mass is 10.3. The first-order chi connectivity index (χ1) is 10.6. The van der Waals surface area contributed by atoms with Crippen LogP contribution in [0.25, 0.3) is 11.0 Å². The van der Waals surface area contributed by atoms with Crippen LogP contribution in [-0.4, -0.2) is 46.0 Å². The zero-order valence-electron chi connectivity index (χ0n) is 13.1. The smallest absolute Gasteiger partial charge is 0.224 e. The summed E-state index contributed by atoms with van der Waals surface area (Å²) >= 11 is 0. The molecule has 0 spiro atoms. The number of aromatic nitrogens is 4. The van der Waals surface area contributed by atoms with Crippen LogP contribution < -0.4 is 4.90 Å². The Morgan fingerprint density at radius 2 is 1.73 bits per heavy atom. The maximum atomic E-state index is 4.60. The highest BCUT2D eigenvalue weighted by molar-refractivity contribution is 5.74. The van der Waals surface area contributed by atoms with E-state index in [1.54, 1.807) is 0 Å². The summed E-state index contributed by atoms with van der Waals surface area (Å²) in [6, 6.07) is 8.07. The van der Waals surface area contributed by atoms with E-state index in [0.29, 0.717) is 0 Å². The van der Waals surface area contributed by atoms with Crippen molar-refractivity contribution in [1.82, 2.24) is 24.8 Å². The van der Waals surface area contributed by atoms with Crippen molar-refractivity contribution in [2.24, 2.45) is 0 Å². The second-order valence-electron chi connectivity index (χ2n) is 5.66. The highest BCUT2D eigenvalue weighted by Crippen LogP contribution is 2.12. The number of aromatic amines is 1. The Bertz CT molecular complexity index is 714. The molecule has 6 heteroatoms. The van der Waals surface area contributed by atoms with Crippen LogP contribution in [0.15, 0.2) is 36.7 Å². The molecular formula is C16H20N6. The third kappa shape index (κ3) is 3.23. The van der Waals surface area contributed by atoms with E-state index in [0.717, 1.165) is 41.5 Å². The van der Waals surface area contributed by atoms with Crippen molar-refractivity contribution < 1.29 is 0 Å². The van der Waals surface area contributed by atoms with E-state index < -0.39 is 0 Å². The summed E-state index contributed by atoms with van der Waals surface area (Å²) in [7, 11) is 5.93. The Morgan fingerprint density at radius 1 is 1.00 bits per heavy atom. The SMILES string of the molecule is CN(Cc1cnc(N(C)C)nc1)Cc1nc2ccccc2[nH]1. The first-order valence-corrected chi connectivity index (χ1v) is 7.22. The van der Waals surface area contributed by atoms with Crippen molar-refractivity contribution in [2.75, 3.05) is 26.0 Å². The molecule has 0 fully saturated rings. The molecule has 0 atom stereocenters. The third-order valence-corrected chi connectivity index (χ3v) is 3.40. The lowest BCUT2D eigenvalue weighted by molar-refractivity contribution is 0.311. The maximum absolute atomic E-state index is 4.60. The number of imidazole rings is 1. The van der Waals surface area contributed by atoms with E-state index in [1.165, 1.54) is 0 Å². The van der Waals surface area contributed by atoms with Gasteiger partial charge in [0, 0.05) is 38.6 Å². The van der Waals surface area contributed by atoms with Crippen LogP contribution in [0, 0.1) is 0 Å². The van der Waals surface area contributed by atoms with Gasteiger partial charge in [-0.05, 0) is 19.2 Å². The van der Waals surface area contributed by atoms with Gasteiger partial charge in [-0.3, -0.25) is 4.90 Å². The Hall–Kier alpha value is -2.47. The number of anilines is 1. The molecule has 114 valence electrons. The number of nitrogens with zero attached hydrogens (tertiary/aromatic N) is 5. The molecule has 0 aliphatic heterocycles. The van der Waals surface area contributed by atoms with Gasteiger partial charge in [0.1, 0.15) is 5.82 Å². The molecule has 0 radical (unpaired) electrons. The molecular weight excluding hydrogens is 276 g/mol. The summed E-state index contributed by atoms with van der Waals surface area (Å²) in [6.07, 6.45) is 3.74. The molecule has 0 unspecified atom stereocenters. The number of rotatable bonds is 5. The average Bonchev–Trinajstić information content (AvgIpc) is 2.89. The molecule has 2 heterocycles. The van der Waals surface area contributed by atoms with Crippen LogP contribution in [0.4, 0.5) is 5.95 Å². The lowest BCUT2D eigenvalue weighted by Gasteiger charge is -2.15. The zero-order chi connectivity index (χ0) is 15.5. The van der Waals surface area contributed by atoms with E-state index in [1.807, 2.05) is 55.7 Å². The van der Waals surface area contributed by atoms with Crippen molar-refractivity contribution in [3.63, 3.8) is 0 Å². The van der Waals surface area contributed by atoms with E-state index in [-0.39, 0.29) is 0 Å². The summed E-state index contributed by atoms with van der Waals surface area (Å²) < 4.78 is 0. The zero-order valence-corrected chi connectivity index (χ0v) is 13.1. The van der Waals surface area contributed by atoms with Crippen molar-refractivity contribution in [3.8, 4) is 0 Å². The number of benzene rings is 1. The normalized spacial score (nSPS) is 11.3. The van der Waals surface area contributed by atoms with Crippen LogP contribution in [0.2, 0.25) is 0 Å². The van der Waals surface area contributed by atoms with Gasteiger partial charge >= 0.3 is 0 Å². The van der Waals surface area contributed by atoms with E-state index in [4.69, 9.17) is 0 Å². The van der Waals surface area contributed by atoms with Gasteiger partial charge in [-0.1, -0.05) is 12.1 Å². The molecule has 2 aromatic heterocycles. The minimum atomic E-state index is 0.726. The van der Waals surface area contributed by atoms with Gasteiger partial charge in [0.25, 0.3) is 0 Å². The van der Waals surface area contributed by atoms with Gasteiger partial charge in [-0.2, -0.15) is 0 Å². The standard InChI is InChI=1S/C16H20N6/c1-21(2)16-17-8-12(9-18-16)10-22(3)11-15-19-13-6-4-5-7-14(13)20-15/h4-9H,10-11H2,1-3H3,(H,19,20). The number of hydrogen-bond acceptors (Lipinski definition) is 5. The van der Waals surface area contributed by atoms with Crippen LogP contribution in [0.3, 0.4) is 0 Å². The van der Waals surface area contributed by atoms with Crippen molar-refractivity contribution >= 4 is 17.0 Å². The molecule has 0 aliphatic carbocycles. The summed E-state index contributed by atoms with van der Waals surface area (Å²) in [5.41, 5.74) is 3.17. The maximum Gasteiger partial charge on any atom is 0.224 e. The minimum Gasteiger partial charge on any atom is -0.347 e. The van der Waals surface area contributed by atoms with E-state index in [2.05, 4.69) is 31.9 Å². The van der Waals surface area contributed by atoms with Crippen LogP contribution in [0.5, 0.6) is 0 Å². The summed E-state index contributed by atoms with van der Waals surface area (Å²) in [5, 5.41) is 0. The monoisotopic (exact) mass is 296 g/mol. The number of H-pyrrole nitrogens is 1. The molecule has 0 amide bonds. The quantitative estimate of drug-likeness (QED) is 0.781. The largest absolute Gasteiger partial charge is 0.347 e. The topological polar surface area (TPSA) is 60.9 Å². The van der Waals surface area contributed by atoms with E-state index >= 15 is 0 Å². The Kier molecular flexibility index (Phi) is 4.02. The number of fused-ring (bicyclic) bond motifs is 1. The molecule has 0 bridgehead atoms. The second-order valence-corrected chi connectivity index (χ2v) is 5.66. The molecule has 1 N–H and O–H groups in total. The molecule has 1 aromatic carbocycles. The summed E-state index contributed by atoms with van der Waals surface area (Å²) in [6.45, 7) is 1.54. The fourth-order valence-corrected chi connectivity index (χ4v) is 2.36. The van der Waals surface area contributed by atoms with Gasteiger partial charge in [-0.15, -0.1) is 0 Å². The second kappa shape index (κ2) is 6.11. The van der Waals surface area contributed by atoms with E-state index in [9.17, 15) is 0 Å². The van der Waals surface area contributed by atoms with Crippen LogP contribution >= 0.6 is 0 Å². The molecule has 6 nitrogen and oxygen atoms in total. The van der Waals surface area contributed by atoms with Crippen molar-refractivity contribution in [3.05, 3.63) is 48.0 Å². The van der Waals surface area contributed by atoms with Gasteiger partial charge < -0.3 is 9.88 Å². The predicted octanol–water partition coefficient (Wildman–Crippen LogP) is 2.05. The van der Waals surface area contributed by atoms with Crippen molar-refractivity contribution in [1.29, 1.82) is 0 Å². The summed E-state index contributed by atoms with van der Waals surface area (Å²) in [5.74, 6) is 1.69. The van der Waals surface area contributed by atoms with Crippen molar-refractivity contribution in [2.45, 2.75) is 13.1 Å². The number of nitrogens with one attached hydrogen (secondary N) is 1. The molecule has 0 aliphatic rings. The minimum absolute atomic E-state index is 0.726. The van der Waals surface area contributed by atoms with Gasteiger partial charge in [0.05, 0.1) is 17.6 Å². The number of para-hydroxylation sites is 2. The Labute approximate surface area is 129 Å². The van der Waals surface area contributed by atoms with Crippen LogP contribution in [0.1, 0.15) is 11.4 Å². The van der Waals surface area contributed by atoms with Gasteiger partial charge in [0.2, 0.25) is 5.95 Å².